The molecule has 1 heterocycles. The van der Waals surface area contributed by atoms with Crippen molar-refractivity contribution in [3.8, 4) is 0 Å². The molecule has 2 nitrogen and oxygen atoms in total. The molecule has 14 heavy (non-hydrogen) atoms. The quantitative estimate of drug-likeness (QED) is 0.816. The molecule has 1 aromatic heterocycles. The Balaban J connectivity index is 2.51. The van der Waals surface area contributed by atoms with Gasteiger partial charge in [0.25, 0.3) is 0 Å². The van der Waals surface area contributed by atoms with Gasteiger partial charge in [-0.05, 0) is 12.5 Å². The lowest BCUT2D eigenvalue weighted by Crippen LogP contribution is -2.07. The first kappa shape index (κ1) is 12.3. The zero-order chi connectivity index (χ0) is 10.6. The van der Waals surface area contributed by atoms with Gasteiger partial charge in [-0.3, -0.25) is 0 Å². The van der Waals surface area contributed by atoms with Gasteiger partial charge in [0, 0.05) is 12.2 Å². The molecule has 1 aromatic rings. The minimum Gasteiger partial charge on any atom is -0.386 e. The second-order valence-corrected chi connectivity index (χ2v) is 5.16. The molecule has 1 unspecified atom stereocenters. The van der Waals surface area contributed by atoms with Gasteiger partial charge in [-0.15, -0.1) is 11.3 Å². The highest BCUT2D eigenvalue weighted by molar-refractivity contribution is 7.20. The molecular formula is C9H12Cl2O2S. The molecule has 0 aromatic carbocycles. The fourth-order valence-corrected chi connectivity index (χ4v) is 2.58. The van der Waals surface area contributed by atoms with Crippen molar-refractivity contribution in [2.45, 2.75) is 19.4 Å². The van der Waals surface area contributed by atoms with Crippen LogP contribution in [0.2, 0.25) is 8.67 Å². The van der Waals surface area contributed by atoms with E-state index >= 15 is 0 Å². The number of aliphatic hydroxyl groups excluding tert-OH is 1. The molecule has 80 valence electrons. The molecule has 0 fully saturated rings. The summed E-state index contributed by atoms with van der Waals surface area (Å²) in [6.45, 7) is 2.92. The van der Waals surface area contributed by atoms with Gasteiger partial charge in [0.05, 0.1) is 10.9 Å². The van der Waals surface area contributed by atoms with Crippen LogP contribution in [0.25, 0.3) is 0 Å². The largest absolute Gasteiger partial charge is 0.386 e. The minimum absolute atomic E-state index is 0.265. The number of hydrogen-bond donors (Lipinski definition) is 1. The third-order valence-corrected chi connectivity index (χ3v) is 3.18. The van der Waals surface area contributed by atoms with Crippen LogP contribution in [0.5, 0.6) is 0 Å². The summed E-state index contributed by atoms with van der Waals surface area (Å²) in [5.74, 6) is 0. The molecule has 0 aliphatic heterocycles. The summed E-state index contributed by atoms with van der Waals surface area (Å²) >= 11 is 12.9. The number of aliphatic hydroxyl groups is 1. The van der Waals surface area contributed by atoms with Crippen molar-refractivity contribution in [3.63, 3.8) is 0 Å². The van der Waals surface area contributed by atoms with E-state index in [9.17, 15) is 5.11 Å². The first-order valence-electron chi connectivity index (χ1n) is 4.35. The van der Waals surface area contributed by atoms with Crippen molar-refractivity contribution < 1.29 is 9.84 Å². The van der Waals surface area contributed by atoms with E-state index in [-0.39, 0.29) is 6.61 Å². The van der Waals surface area contributed by atoms with E-state index in [1.54, 1.807) is 6.07 Å². The summed E-state index contributed by atoms with van der Waals surface area (Å²) in [5, 5.41) is 9.68. The lowest BCUT2D eigenvalue weighted by Gasteiger charge is -2.09. The molecule has 0 radical (unpaired) electrons. The normalized spacial score (nSPS) is 13.1. The van der Waals surface area contributed by atoms with Gasteiger partial charge in [-0.25, -0.2) is 0 Å². The number of halogens is 2. The van der Waals surface area contributed by atoms with Gasteiger partial charge in [0.1, 0.15) is 10.4 Å². The zero-order valence-corrected chi connectivity index (χ0v) is 10.1. The van der Waals surface area contributed by atoms with Gasteiger partial charge in [-0.2, -0.15) is 0 Å². The van der Waals surface area contributed by atoms with Crippen molar-refractivity contribution in [3.05, 3.63) is 20.3 Å². The summed E-state index contributed by atoms with van der Waals surface area (Å²) in [4.78, 5) is 0. The van der Waals surface area contributed by atoms with Crippen LogP contribution in [0.4, 0.5) is 0 Å². The first-order chi connectivity index (χ1) is 6.65. The zero-order valence-electron chi connectivity index (χ0n) is 7.80. The maximum Gasteiger partial charge on any atom is 0.105 e. The molecule has 0 aliphatic carbocycles. The van der Waals surface area contributed by atoms with E-state index in [0.717, 1.165) is 6.42 Å². The van der Waals surface area contributed by atoms with Gasteiger partial charge >= 0.3 is 0 Å². The van der Waals surface area contributed by atoms with Crippen LogP contribution >= 0.6 is 34.5 Å². The molecule has 0 saturated carbocycles. The van der Waals surface area contributed by atoms with E-state index in [4.69, 9.17) is 27.9 Å². The number of rotatable bonds is 5. The highest BCUT2D eigenvalue weighted by Gasteiger charge is 2.14. The van der Waals surface area contributed by atoms with Crippen LogP contribution in [-0.2, 0) is 4.74 Å². The van der Waals surface area contributed by atoms with Crippen molar-refractivity contribution in [2.75, 3.05) is 13.2 Å². The van der Waals surface area contributed by atoms with E-state index < -0.39 is 6.10 Å². The van der Waals surface area contributed by atoms with Crippen LogP contribution < -0.4 is 0 Å². The molecule has 0 spiro atoms. The number of hydrogen-bond acceptors (Lipinski definition) is 3. The third-order valence-electron chi connectivity index (χ3n) is 1.67. The monoisotopic (exact) mass is 254 g/mol. The molecule has 0 bridgehead atoms. The average molecular weight is 255 g/mol. The Labute approximate surface area is 97.4 Å². The van der Waals surface area contributed by atoms with E-state index in [2.05, 4.69) is 0 Å². The SMILES string of the molecule is CCCOCC(O)c1cc(Cl)sc1Cl. The summed E-state index contributed by atoms with van der Waals surface area (Å²) in [6, 6.07) is 1.68. The van der Waals surface area contributed by atoms with Crippen molar-refractivity contribution >= 4 is 34.5 Å². The van der Waals surface area contributed by atoms with Gasteiger partial charge < -0.3 is 9.84 Å². The molecule has 5 heteroatoms. The second-order valence-electron chi connectivity index (χ2n) is 2.87. The predicted molar refractivity (Wildman–Crippen MR) is 60.4 cm³/mol. The summed E-state index contributed by atoms with van der Waals surface area (Å²) in [7, 11) is 0. The number of ether oxygens (including phenoxy) is 1. The molecule has 1 atom stereocenters. The Morgan fingerprint density at radius 2 is 2.29 bits per heavy atom. The van der Waals surface area contributed by atoms with Crippen LogP contribution in [-0.4, -0.2) is 18.3 Å². The van der Waals surface area contributed by atoms with Gasteiger partial charge in [-0.1, -0.05) is 30.1 Å². The van der Waals surface area contributed by atoms with Crippen LogP contribution in [0.15, 0.2) is 6.07 Å². The maximum absolute atomic E-state index is 9.68. The maximum atomic E-state index is 9.68. The molecule has 1 N–H and O–H groups in total. The van der Waals surface area contributed by atoms with E-state index in [0.29, 0.717) is 20.8 Å². The molecule has 1 rings (SSSR count). The summed E-state index contributed by atoms with van der Waals surface area (Å²) < 4.78 is 6.33. The molecule has 0 aliphatic rings. The fourth-order valence-electron chi connectivity index (χ4n) is 1.01. The topological polar surface area (TPSA) is 29.5 Å². The lowest BCUT2D eigenvalue weighted by molar-refractivity contribution is 0.0366. The predicted octanol–water partition coefficient (Wildman–Crippen LogP) is 3.51. The Morgan fingerprint density at radius 1 is 1.57 bits per heavy atom. The Kier molecular flexibility index (Phi) is 5.20. The lowest BCUT2D eigenvalue weighted by atomic mass is 10.2. The van der Waals surface area contributed by atoms with Gasteiger partial charge in [0.2, 0.25) is 0 Å². The minimum atomic E-state index is -0.683. The third kappa shape index (κ3) is 3.41. The second kappa shape index (κ2) is 5.93. The number of thiophene rings is 1. The first-order valence-corrected chi connectivity index (χ1v) is 5.93. The Hall–Kier alpha value is 0.200. The van der Waals surface area contributed by atoms with Crippen molar-refractivity contribution in [1.82, 2.24) is 0 Å². The van der Waals surface area contributed by atoms with E-state index in [1.165, 1.54) is 11.3 Å². The van der Waals surface area contributed by atoms with Crippen LogP contribution in [0.1, 0.15) is 25.0 Å². The average Bonchev–Trinajstić information content (AvgIpc) is 2.45. The fraction of sp³-hybridized carbons (Fsp3) is 0.556. The standard InChI is InChI=1S/C9H12Cl2O2S/c1-2-3-13-5-7(12)6-4-8(10)14-9(6)11/h4,7,12H,2-3,5H2,1H3. The highest BCUT2D eigenvalue weighted by Crippen LogP contribution is 2.34. The summed E-state index contributed by atoms with van der Waals surface area (Å²) in [6.07, 6.45) is 0.253. The molecule has 0 amide bonds. The smallest absolute Gasteiger partial charge is 0.105 e. The Morgan fingerprint density at radius 3 is 2.79 bits per heavy atom. The van der Waals surface area contributed by atoms with E-state index in [1.807, 2.05) is 6.92 Å². The van der Waals surface area contributed by atoms with Crippen LogP contribution in [0, 0.1) is 0 Å². The van der Waals surface area contributed by atoms with Crippen molar-refractivity contribution in [2.24, 2.45) is 0 Å². The highest BCUT2D eigenvalue weighted by atomic mass is 35.5. The summed E-state index contributed by atoms with van der Waals surface area (Å²) in [5.41, 5.74) is 0.651. The van der Waals surface area contributed by atoms with Crippen molar-refractivity contribution in [1.29, 1.82) is 0 Å². The molecular weight excluding hydrogens is 243 g/mol. The van der Waals surface area contributed by atoms with Crippen LogP contribution in [0.3, 0.4) is 0 Å². The van der Waals surface area contributed by atoms with Gasteiger partial charge in [0.15, 0.2) is 0 Å². The Bertz CT molecular complexity index is 288. The molecule has 0 saturated heterocycles.